The normalized spacial score (nSPS) is 18.4. The van der Waals surface area contributed by atoms with E-state index in [4.69, 9.17) is 4.74 Å². The minimum absolute atomic E-state index is 0.0845. The Bertz CT molecular complexity index is 1530. The summed E-state index contributed by atoms with van der Waals surface area (Å²) in [6.45, 7) is 4.22. The highest BCUT2D eigenvalue weighted by Crippen LogP contribution is 2.32. The van der Waals surface area contributed by atoms with Crippen molar-refractivity contribution in [2.75, 3.05) is 31.5 Å². The third-order valence-corrected chi connectivity index (χ3v) is 8.66. The number of amides is 1. The van der Waals surface area contributed by atoms with Crippen LogP contribution in [-0.4, -0.2) is 68.1 Å². The lowest BCUT2D eigenvalue weighted by molar-refractivity contribution is -0.137. The number of hydrogen-bond donors (Lipinski definition) is 2. The topological polar surface area (TPSA) is 99.2 Å². The first-order valence-electron chi connectivity index (χ1n) is 13.5. The molecule has 0 fully saturated rings. The maximum atomic E-state index is 13.7. The van der Waals surface area contributed by atoms with Crippen LogP contribution in [-0.2, 0) is 22.7 Å². The average molecular weight is 624 g/mol. The van der Waals surface area contributed by atoms with Gasteiger partial charge in [-0.3, -0.25) is 14.4 Å². The molecule has 0 spiro atoms. The fourth-order valence-electron chi connectivity index (χ4n) is 4.81. The van der Waals surface area contributed by atoms with E-state index in [0.717, 1.165) is 36.4 Å². The maximum absolute atomic E-state index is 13.7. The Morgan fingerprint density at radius 3 is 2.35 bits per heavy atom. The van der Waals surface area contributed by atoms with Gasteiger partial charge in [0.05, 0.1) is 28.7 Å². The third kappa shape index (κ3) is 7.84. The summed E-state index contributed by atoms with van der Waals surface area (Å²) >= 11 is 0. The van der Waals surface area contributed by atoms with E-state index in [1.807, 2.05) is 11.8 Å². The van der Waals surface area contributed by atoms with Crippen molar-refractivity contribution in [2.45, 2.75) is 43.6 Å². The summed E-state index contributed by atoms with van der Waals surface area (Å²) in [5.74, 6) is -1.04. The predicted molar refractivity (Wildman–Crippen MR) is 153 cm³/mol. The molecule has 3 aromatic carbocycles. The van der Waals surface area contributed by atoms with Crippen molar-refractivity contribution in [3.63, 3.8) is 0 Å². The summed E-state index contributed by atoms with van der Waals surface area (Å²) in [6, 6.07) is 13.0. The minimum Gasteiger partial charge on any atom is -0.488 e. The maximum Gasteiger partial charge on any atom is 0.416 e. The fraction of sp³-hybridized carbons (Fsp3) is 0.367. The Labute approximate surface area is 247 Å². The second kappa shape index (κ2) is 12.9. The Hall–Kier alpha value is -3.68. The number of carbonyl (C=O) groups excluding carboxylic acids is 1. The average Bonchev–Trinajstić information content (AvgIpc) is 2.94. The Morgan fingerprint density at radius 2 is 1.74 bits per heavy atom. The molecule has 1 heterocycles. The Balaban J connectivity index is 1.59. The number of aliphatic hydroxyl groups excluding tert-OH is 1. The molecule has 1 amide bonds. The molecule has 1 aliphatic heterocycles. The molecule has 0 aliphatic carbocycles. The summed E-state index contributed by atoms with van der Waals surface area (Å²) in [5, 5.41) is 9.88. The van der Waals surface area contributed by atoms with Gasteiger partial charge in [-0.2, -0.15) is 13.2 Å². The summed E-state index contributed by atoms with van der Waals surface area (Å²) < 4.78 is 86.6. The molecule has 0 saturated carbocycles. The highest BCUT2D eigenvalue weighted by atomic mass is 32.2. The first-order valence-corrected chi connectivity index (χ1v) is 15.0. The highest BCUT2D eigenvalue weighted by Gasteiger charge is 2.34. The van der Waals surface area contributed by atoms with Gasteiger partial charge in [-0.15, -0.1) is 0 Å². The van der Waals surface area contributed by atoms with Gasteiger partial charge in [-0.05, 0) is 74.1 Å². The van der Waals surface area contributed by atoms with Crippen LogP contribution in [0.4, 0.5) is 23.2 Å². The molecule has 0 radical (unpaired) electrons. The van der Waals surface area contributed by atoms with Crippen LogP contribution in [0.3, 0.4) is 0 Å². The van der Waals surface area contributed by atoms with Crippen molar-refractivity contribution in [1.29, 1.82) is 0 Å². The molecule has 8 nitrogen and oxygen atoms in total. The second-order valence-corrected chi connectivity index (χ2v) is 12.5. The van der Waals surface area contributed by atoms with Gasteiger partial charge in [0.15, 0.2) is 0 Å². The Kier molecular flexibility index (Phi) is 9.67. The predicted octanol–water partition coefficient (Wildman–Crippen LogP) is 5.00. The molecular weight excluding hydrogens is 590 g/mol. The van der Waals surface area contributed by atoms with E-state index < -0.39 is 45.6 Å². The lowest BCUT2D eigenvalue weighted by Crippen LogP contribution is -2.49. The number of carbonyl (C=O) groups is 1. The van der Waals surface area contributed by atoms with Crippen LogP contribution < -0.4 is 9.46 Å². The van der Waals surface area contributed by atoms with Gasteiger partial charge >= 0.3 is 6.18 Å². The van der Waals surface area contributed by atoms with Gasteiger partial charge < -0.3 is 14.7 Å². The molecule has 3 aromatic rings. The molecule has 3 atom stereocenters. The van der Waals surface area contributed by atoms with Crippen molar-refractivity contribution in [1.82, 2.24) is 9.80 Å². The second-order valence-electron chi connectivity index (χ2n) is 10.8. The quantitative estimate of drug-likeness (QED) is 0.326. The van der Waals surface area contributed by atoms with Crippen LogP contribution in [0.1, 0.15) is 35.3 Å². The van der Waals surface area contributed by atoms with E-state index >= 15 is 0 Å². The number of halogens is 4. The van der Waals surface area contributed by atoms with Crippen molar-refractivity contribution in [2.24, 2.45) is 5.92 Å². The smallest absolute Gasteiger partial charge is 0.416 e. The van der Waals surface area contributed by atoms with E-state index in [9.17, 15) is 35.9 Å². The molecule has 4 rings (SSSR count). The van der Waals surface area contributed by atoms with Gasteiger partial charge in [0, 0.05) is 31.2 Å². The van der Waals surface area contributed by atoms with E-state index in [1.165, 1.54) is 35.2 Å². The molecule has 0 unspecified atom stereocenters. The number of nitrogens with zero attached hydrogens (tertiary/aromatic N) is 2. The number of fused-ring (bicyclic) bond motifs is 1. The Morgan fingerprint density at radius 1 is 1.09 bits per heavy atom. The summed E-state index contributed by atoms with van der Waals surface area (Å²) in [6.07, 6.45) is -4.89. The minimum atomic E-state index is -4.42. The number of nitrogens with one attached hydrogen (secondary N) is 1. The van der Waals surface area contributed by atoms with E-state index in [-0.39, 0.29) is 41.0 Å². The van der Waals surface area contributed by atoms with Crippen LogP contribution in [0.2, 0.25) is 0 Å². The van der Waals surface area contributed by atoms with Crippen LogP contribution in [0.5, 0.6) is 5.75 Å². The monoisotopic (exact) mass is 623 g/mol. The molecule has 0 saturated heterocycles. The number of benzene rings is 3. The fourth-order valence-corrected chi connectivity index (χ4v) is 5.86. The molecule has 0 bridgehead atoms. The number of likely N-dealkylation sites (N-methyl/N-ethyl adjacent to an activating group) is 1. The number of hydrogen-bond acceptors (Lipinski definition) is 6. The van der Waals surface area contributed by atoms with E-state index in [0.29, 0.717) is 18.7 Å². The number of rotatable bonds is 9. The first-order chi connectivity index (χ1) is 20.2. The van der Waals surface area contributed by atoms with Crippen molar-refractivity contribution >= 4 is 21.6 Å². The molecule has 13 heteroatoms. The summed E-state index contributed by atoms with van der Waals surface area (Å²) in [7, 11) is -2.29. The van der Waals surface area contributed by atoms with Crippen LogP contribution in [0.25, 0.3) is 0 Å². The van der Waals surface area contributed by atoms with Gasteiger partial charge in [0.2, 0.25) is 0 Å². The van der Waals surface area contributed by atoms with E-state index in [2.05, 4.69) is 4.72 Å². The highest BCUT2D eigenvalue weighted by molar-refractivity contribution is 7.92. The van der Waals surface area contributed by atoms with E-state index in [1.54, 1.807) is 14.0 Å². The zero-order chi connectivity index (χ0) is 31.5. The lowest BCUT2D eigenvalue weighted by Gasteiger charge is -2.38. The van der Waals surface area contributed by atoms with Gasteiger partial charge in [-0.25, -0.2) is 12.8 Å². The van der Waals surface area contributed by atoms with Crippen LogP contribution >= 0.6 is 0 Å². The number of sulfonamides is 1. The molecular formula is C30H33F4N3O5S. The number of alkyl halides is 3. The van der Waals surface area contributed by atoms with Gasteiger partial charge in [0.1, 0.15) is 17.7 Å². The summed E-state index contributed by atoms with van der Waals surface area (Å²) in [4.78, 5) is 16.9. The molecule has 232 valence electrons. The molecule has 2 N–H and O–H groups in total. The lowest BCUT2D eigenvalue weighted by atomic mass is 9.99. The van der Waals surface area contributed by atoms with Crippen molar-refractivity contribution in [3.05, 3.63) is 89.2 Å². The van der Waals surface area contributed by atoms with Crippen LogP contribution in [0.15, 0.2) is 71.6 Å². The zero-order valence-electron chi connectivity index (χ0n) is 23.8. The largest absolute Gasteiger partial charge is 0.488 e. The molecule has 43 heavy (non-hydrogen) atoms. The third-order valence-electron chi connectivity index (χ3n) is 7.27. The van der Waals surface area contributed by atoms with Gasteiger partial charge in [0.25, 0.3) is 15.9 Å². The number of anilines is 1. The molecule has 0 aromatic heterocycles. The van der Waals surface area contributed by atoms with Crippen molar-refractivity contribution < 1.29 is 40.6 Å². The SMILES string of the molecule is C[C@@H]1CN([C@@H](C)CO)C(=O)c2cc(NS(=O)(=O)c3ccc(F)cc3)ccc2O[C@@H]1CN(C)Cc1ccc(C(F)(F)F)cc1. The number of ether oxygens (including phenoxy) is 1. The van der Waals surface area contributed by atoms with Gasteiger partial charge in [-0.1, -0.05) is 19.1 Å². The van der Waals surface area contributed by atoms with Crippen molar-refractivity contribution in [3.8, 4) is 5.75 Å². The number of aliphatic hydroxyl groups is 1. The summed E-state index contributed by atoms with van der Waals surface area (Å²) in [5.41, 5.74) is 0.121. The molecule has 1 aliphatic rings. The first kappa shape index (κ1) is 32.2. The standard InChI is InChI=1S/C30H33F4N3O5S/c1-19-15-37(20(2)18-38)29(39)26-14-24(35-43(40,41)25-11-8-23(31)9-12-25)10-13-27(26)42-28(19)17-36(3)16-21-4-6-22(7-5-21)30(32,33)34/h4-14,19-20,28,35,38H,15-18H2,1-3H3/t19-,20+,28-/m1/s1. The van der Waals surface area contributed by atoms with Crippen LogP contribution in [0, 0.1) is 11.7 Å². The zero-order valence-corrected chi connectivity index (χ0v) is 24.6.